The zero-order valence-corrected chi connectivity index (χ0v) is 15.7. The van der Waals surface area contributed by atoms with Gasteiger partial charge in [0.2, 0.25) is 0 Å². The number of rotatable bonds is 5. The van der Waals surface area contributed by atoms with Gasteiger partial charge in [-0.3, -0.25) is 10.4 Å². The number of ether oxygens (including phenoxy) is 1. The van der Waals surface area contributed by atoms with Crippen molar-refractivity contribution >= 4 is 11.4 Å². The first kappa shape index (κ1) is 25.1. The number of aliphatic hydroxyl groups is 1. The highest BCUT2D eigenvalue weighted by molar-refractivity contribution is 6.45. The molecule has 0 radical (unpaired) electrons. The van der Waals surface area contributed by atoms with Crippen LogP contribution in [0, 0.1) is 5.41 Å². The molecule has 2 N–H and O–H groups in total. The van der Waals surface area contributed by atoms with Gasteiger partial charge in [-0.05, 0) is 12.1 Å². The topological polar surface area (TPSA) is 68.9 Å². The molecule has 1 heterocycles. The van der Waals surface area contributed by atoms with Crippen LogP contribution >= 0.6 is 0 Å². The number of aliphatic hydroxyl groups excluding tert-OH is 1. The van der Waals surface area contributed by atoms with Gasteiger partial charge in [-0.2, -0.15) is 39.5 Å². The molecule has 2 atom stereocenters. The van der Waals surface area contributed by atoms with E-state index in [9.17, 15) is 39.5 Å². The molecule has 1 aliphatic rings. The summed E-state index contributed by atoms with van der Waals surface area (Å²) in [6.07, 6.45) is -19.6. The number of hydrogen-bond donors (Lipinski definition) is 2. The van der Waals surface area contributed by atoms with Crippen LogP contribution in [0.5, 0.6) is 0 Å². The van der Waals surface area contributed by atoms with Crippen LogP contribution < -0.4 is 0 Å². The largest absolute Gasteiger partial charge is 0.434 e. The molecule has 14 heteroatoms. The van der Waals surface area contributed by atoms with E-state index in [1.807, 2.05) is 0 Å². The highest BCUT2D eigenvalue weighted by Crippen LogP contribution is 2.42. The molecule has 0 fully saturated rings. The van der Waals surface area contributed by atoms with E-state index in [4.69, 9.17) is 15.3 Å². The van der Waals surface area contributed by atoms with Gasteiger partial charge in [0.25, 0.3) is 0 Å². The van der Waals surface area contributed by atoms with Crippen LogP contribution in [0.4, 0.5) is 39.5 Å². The second kappa shape index (κ2) is 8.74. The van der Waals surface area contributed by atoms with Gasteiger partial charge in [0.1, 0.15) is 11.9 Å². The van der Waals surface area contributed by atoms with Crippen LogP contribution in [0.25, 0.3) is 0 Å². The van der Waals surface area contributed by atoms with Gasteiger partial charge in [0.05, 0.1) is 24.3 Å². The van der Waals surface area contributed by atoms with E-state index in [0.29, 0.717) is 12.1 Å². The number of nitrogens with zero attached hydrogens (tertiary/aromatic N) is 2. The average molecular weight is 465 g/mol. The summed E-state index contributed by atoms with van der Waals surface area (Å²) in [6.45, 7) is -0.129. The van der Waals surface area contributed by atoms with E-state index in [1.165, 1.54) is 6.92 Å². The molecule has 1 aromatic rings. The van der Waals surface area contributed by atoms with Crippen molar-refractivity contribution in [3.63, 3.8) is 0 Å². The minimum Gasteiger partial charge on any atom is -0.394 e. The predicted molar refractivity (Wildman–Crippen MR) is 89.6 cm³/mol. The minimum absolute atomic E-state index is 0.199. The van der Waals surface area contributed by atoms with Crippen molar-refractivity contribution in [2.24, 2.45) is 4.99 Å². The van der Waals surface area contributed by atoms with Crippen LogP contribution in [0.1, 0.15) is 29.8 Å². The molecule has 2 rings (SSSR count). The first-order valence-corrected chi connectivity index (χ1v) is 8.63. The van der Waals surface area contributed by atoms with Crippen LogP contribution in [0.3, 0.4) is 0 Å². The molecule has 5 nitrogen and oxygen atoms in total. The fraction of sp³-hybridized carbons (Fsp3) is 0.529. The molecule has 2 unspecified atom stereocenters. The van der Waals surface area contributed by atoms with Gasteiger partial charge < -0.3 is 9.84 Å². The Labute approximate surface area is 169 Å². The summed E-state index contributed by atoms with van der Waals surface area (Å²) in [5.74, 6) is 0. The zero-order chi connectivity index (χ0) is 23.8. The molecule has 0 spiro atoms. The summed E-state index contributed by atoms with van der Waals surface area (Å²) in [6, 6.07) is 0.523. The first-order chi connectivity index (χ1) is 14.1. The molecule has 31 heavy (non-hydrogen) atoms. The Morgan fingerprint density at radius 3 is 2.10 bits per heavy atom. The Kier molecular flexibility index (Phi) is 7.07. The van der Waals surface area contributed by atoms with E-state index in [0.717, 1.165) is 4.90 Å². The van der Waals surface area contributed by atoms with Crippen molar-refractivity contribution in [3.05, 3.63) is 34.9 Å². The van der Waals surface area contributed by atoms with Gasteiger partial charge in [0, 0.05) is 12.1 Å². The monoisotopic (exact) mass is 465 g/mol. The summed E-state index contributed by atoms with van der Waals surface area (Å²) in [5, 5.41) is 16.6. The lowest BCUT2D eigenvalue weighted by Crippen LogP contribution is -2.54. The highest BCUT2D eigenvalue weighted by Gasteiger charge is 2.49. The molecule has 1 aliphatic heterocycles. The summed E-state index contributed by atoms with van der Waals surface area (Å²) in [4.78, 5) is 4.10. The van der Waals surface area contributed by atoms with Crippen molar-refractivity contribution in [2.45, 2.75) is 37.8 Å². The van der Waals surface area contributed by atoms with Gasteiger partial charge >= 0.3 is 18.5 Å². The van der Waals surface area contributed by atoms with Crippen molar-refractivity contribution in [1.82, 2.24) is 4.90 Å². The van der Waals surface area contributed by atoms with E-state index in [1.54, 1.807) is 0 Å². The predicted octanol–water partition coefficient (Wildman–Crippen LogP) is 4.42. The molecule has 0 saturated carbocycles. The van der Waals surface area contributed by atoms with Gasteiger partial charge in [0.15, 0.2) is 11.9 Å². The number of nitrogens with one attached hydrogen (secondary N) is 1. The fourth-order valence-electron chi connectivity index (χ4n) is 3.04. The smallest absolute Gasteiger partial charge is 0.394 e. The zero-order valence-electron chi connectivity index (χ0n) is 15.7. The number of benzene rings is 1. The molecular formula is C17H16F9N3O2. The maximum Gasteiger partial charge on any atom is 0.434 e. The lowest BCUT2D eigenvalue weighted by molar-refractivity contribution is -0.144. The number of alkyl halides is 9. The molecule has 0 bridgehead atoms. The third-order valence-corrected chi connectivity index (χ3v) is 4.33. The molecule has 1 aromatic carbocycles. The van der Waals surface area contributed by atoms with E-state index < -0.39 is 72.3 Å². The highest BCUT2D eigenvalue weighted by atomic mass is 19.4. The average Bonchev–Trinajstić information content (AvgIpc) is 2.63. The SMILES string of the molecule is CCN1C(OCCO)C(=N)C(C(F)(F)F)=NC1c1ccc(C(F)(F)F)cc1C(F)(F)F. The van der Waals surface area contributed by atoms with Crippen molar-refractivity contribution in [2.75, 3.05) is 19.8 Å². The van der Waals surface area contributed by atoms with Crippen LogP contribution in [0.2, 0.25) is 0 Å². The Hall–Kier alpha value is -2.19. The Balaban J connectivity index is 2.75. The van der Waals surface area contributed by atoms with Crippen molar-refractivity contribution < 1.29 is 49.4 Å². The van der Waals surface area contributed by atoms with Crippen LogP contribution in [0.15, 0.2) is 23.2 Å². The van der Waals surface area contributed by atoms with E-state index in [2.05, 4.69) is 4.99 Å². The summed E-state index contributed by atoms with van der Waals surface area (Å²) in [7, 11) is 0. The molecule has 174 valence electrons. The molecule has 0 aliphatic carbocycles. The number of aliphatic imine (C=N–C) groups is 1. The lowest BCUT2D eigenvalue weighted by atomic mass is 9.97. The van der Waals surface area contributed by atoms with Gasteiger partial charge in [-0.25, -0.2) is 4.90 Å². The van der Waals surface area contributed by atoms with Gasteiger partial charge in [-0.15, -0.1) is 0 Å². The standard InChI is InChI=1S/C17H16F9N3O2/c1-2-29-13(28-12(17(24,25)26)11(27)14(29)31-6-5-30)9-4-3-8(15(18,19)20)7-10(9)16(21,22)23/h3-4,7,13-14,27,30H,2,5-6H2,1H3. The molecule has 0 saturated heterocycles. The maximum absolute atomic E-state index is 13.5. The summed E-state index contributed by atoms with van der Waals surface area (Å²) < 4.78 is 125. The van der Waals surface area contributed by atoms with Crippen LogP contribution in [-0.2, 0) is 17.1 Å². The first-order valence-electron chi connectivity index (χ1n) is 8.63. The maximum atomic E-state index is 13.5. The van der Waals surface area contributed by atoms with Crippen molar-refractivity contribution in [3.8, 4) is 0 Å². The molecule has 0 amide bonds. The molecular weight excluding hydrogens is 449 g/mol. The third kappa shape index (κ3) is 5.36. The van der Waals surface area contributed by atoms with Crippen LogP contribution in [-0.4, -0.2) is 53.6 Å². The number of hydrogen-bond acceptors (Lipinski definition) is 5. The van der Waals surface area contributed by atoms with E-state index >= 15 is 0 Å². The third-order valence-electron chi connectivity index (χ3n) is 4.33. The number of halogens is 9. The quantitative estimate of drug-likeness (QED) is 0.633. The Morgan fingerprint density at radius 1 is 1.03 bits per heavy atom. The lowest BCUT2D eigenvalue weighted by Gasteiger charge is -2.40. The fourth-order valence-corrected chi connectivity index (χ4v) is 3.04. The molecule has 0 aromatic heterocycles. The Bertz CT molecular complexity index is 847. The van der Waals surface area contributed by atoms with Gasteiger partial charge in [-0.1, -0.05) is 13.0 Å². The van der Waals surface area contributed by atoms with E-state index in [-0.39, 0.29) is 12.6 Å². The summed E-state index contributed by atoms with van der Waals surface area (Å²) in [5.41, 5.74) is -7.43. The second-order valence-electron chi connectivity index (χ2n) is 6.34. The second-order valence-corrected chi connectivity index (χ2v) is 6.34. The minimum atomic E-state index is -5.34. The Morgan fingerprint density at radius 2 is 1.65 bits per heavy atom. The van der Waals surface area contributed by atoms with Crippen molar-refractivity contribution in [1.29, 1.82) is 5.41 Å². The summed E-state index contributed by atoms with van der Waals surface area (Å²) >= 11 is 0. The normalized spacial score (nSPS) is 21.4.